The third-order valence-corrected chi connectivity index (χ3v) is 2.77. The molecule has 0 aliphatic heterocycles. The first kappa shape index (κ1) is 10.5. The average Bonchev–Trinajstić information content (AvgIpc) is 2.59. The van der Waals surface area contributed by atoms with Gasteiger partial charge in [0.05, 0.1) is 19.1 Å². The lowest BCUT2D eigenvalue weighted by molar-refractivity contribution is -0.145. The van der Waals surface area contributed by atoms with Gasteiger partial charge in [-0.15, -0.1) is 0 Å². The van der Waals surface area contributed by atoms with Crippen LogP contribution in [0.3, 0.4) is 0 Å². The van der Waals surface area contributed by atoms with Crippen molar-refractivity contribution in [3.8, 4) is 0 Å². The number of esters is 1. The van der Waals surface area contributed by atoms with Crippen LogP contribution < -0.4 is 5.73 Å². The quantitative estimate of drug-likeness (QED) is 0.639. The summed E-state index contributed by atoms with van der Waals surface area (Å²) < 4.78 is 9.94. The van der Waals surface area contributed by atoms with Gasteiger partial charge in [0, 0.05) is 7.11 Å². The number of methoxy groups -OCH3 is 2. The lowest BCUT2D eigenvalue weighted by atomic mass is 10.1. The van der Waals surface area contributed by atoms with Crippen LogP contribution in [0.1, 0.15) is 12.8 Å². The normalized spacial score (nSPS) is 33.3. The minimum absolute atomic E-state index is 0.0245. The molecular formula is C9H17NO3. The van der Waals surface area contributed by atoms with Crippen LogP contribution in [0.4, 0.5) is 0 Å². The van der Waals surface area contributed by atoms with Gasteiger partial charge in [0.1, 0.15) is 0 Å². The molecule has 4 heteroatoms. The SMILES string of the molecule is COC(=O)[C@H]1CC(CN)[C@@H](OC)C1. The molecule has 0 aromatic heterocycles. The van der Waals surface area contributed by atoms with Crippen LogP contribution in [0.25, 0.3) is 0 Å². The molecule has 1 unspecified atom stereocenters. The van der Waals surface area contributed by atoms with Crippen molar-refractivity contribution in [1.29, 1.82) is 0 Å². The predicted molar refractivity (Wildman–Crippen MR) is 48.1 cm³/mol. The molecule has 2 N–H and O–H groups in total. The maximum Gasteiger partial charge on any atom is 0.308 e. The lowest BCUT2D eigenvalue weighted by Crippen LogP contribution is -2.23. The second kappa shape index (κ2) is 4.58. The second-order valence-corrected chi connectivity index (χ2v) is 3.46. The van der Waals surface area contributed by atoms with Crippen molar-refractivity contribution in [2.45, 2.75) is 18.9 Å². The third kappa shape index (κ3) is 2.19. The third-order valence-electron chi connectivity index (χ3n) is 2.77. The van der Waals surface area contributed by atoms with Crippen molar-refractivity contribution in [1.82, 2.24) is 0 Å². The Morgan fingerprint density at radius 2 is 2.15 bits per heavy atom. The maximum atomic E-state index is 11.2. The van der Waals surface area contributed by atoms with Gasteiger partial charge in [-0.1, -0.05) is 0 Å². The second-order valence-electron chi connectivity index (χ2n) is 3.46. The van der Waals surface area contributed by atoms with E-state index >= 15 is 0 Å². The van der Waals surface area contributed by atoms with Gasteiger partial charge in [-0.25, -0.2) is 0 Å². The van der Waals surface area contributed by atoms with E-state index in [0.717, 1.165) is 12.8 Å². The summed E-state index contributed by atoms with van der Waals surface area (Å²) in [6.45, 7) is 0.575. The van der Waals surface area contributed by atoms with Gasteiger partial charge in [-0.05, 0) is 25.3 Å². The van der Waals surface area contributed by atoms with Crippen LogP contribution in [0, 0.1) is 11.8 Å². The molecule has 0 aromatic carbocycles. The van der Waals surface area contributed by atoms with E-state index in [0.29, 0.717) is 12.5 Å². The van der Waals surface area contributed by atoms with Crippen molar-refractivity contribution < 1.29 is 14.3 Å². The first-order valence-corrected chi connectivity index (χ1v) is 4.53. The van der Waals surface area contributed by atoms with Gasteiger partial charge >= 0.3 is 5.97 Å². The molecule has 13 heavy (non-hydrogen) atoms. The van der Waals surface area contributed by atoms with Crippen molar-refractivity contribution in [3.63, 3.8) is 0 Å². The molecule has 0 radical (unpaired) electrons. The van der Waals surface area contributed by atoms with Crippen LogP contribution in [0.5, 0.6) is 0 Å². The fourth-order valence-corrected chi connectivity index (χ4v) is 1.98. The molecular weight excluding hydrogens is 170 g/mol. The van der Waals surface area contributed by atoms with Gasteiger partial charge in [-0.2, -0.15) is 0 Å². The van der Waals surface area contributed by atoms with Gasteiger partial charge in [0.25, 0.3) is 0 Å². The van der Waals surface area contributed by atoms with Crippen LogP contribution in [0.15, 0.2) is 0 Å². The average molecular weight is 187 g/mol. The Bertz CT molecular complexity index is 172. The Hall–Kier alpha value is -0.610. The summed E-state index contributed by atoms with van der Waals surface area (Å²) in [5, 5.41) is 0. The highest BCUT2D eigenvalue weighted by Crippen LogP contribution is 2.33. The van der Waals surface area contributed by atoms with Crippen LogP contribution in [-0.2, 0) is 14.3 Å². The van der Waals surface area contributed by atoms with Crippen molar-refractivity contribution in [2.75, 3.05) is 20.8 Å². The molecule has 1 rings (SSSR count). The Labute approximate surface area is 78.4 Å². The number of carbonyl (C=O) groups is 1. The minimum atomic E-state index is -0.141. The smallest absolute Gasteiger partial charge is 0.308 e. The van der Waals surface area contributed by atoms with E-state index in [1.54, 1.807) is 7.11 Å². The van der Waals surface area contributed by atoms with E-state index in [1.165, 1.54) is 7.11 Å². The summed E-state index contributed by atoms with van der Waals surface area (Å²) in [6, 6.07) is 0. The van der Waals surface area contributed by atoms with Gasteiger partial charge < -0.3 is 15.2 Å². The first-order valence-electron chi connectivity index (χ1n) is 4.53. The van der Waals surface area contributed by atoms with Crippen molar-refractivity contribution in [2.24, 2.45) is 17.6 Å². The molecule has 0 heterocycles. The van der Waals surface area contributed by atoms with Crippen LogP contribution in [0.2, 0.25) is 0 Å². The van der Waals surface area contributed by atoms with E-state index in [4.69, 9.17) is 10.5 Å². The highest BCUT2D eigenvalue weighted by molar-refractivity contribution is 5.72. The largest absolute Gasteiger partial charge is 0.469 e. The van der Waals surface area contributed by atoms with E-state index in [-0.39, 0.29) is 18.0 Å². The van der Waals surface area contributed by atoms with E-state index < -0.39 is 0 Å². The molecule has 1 aliphatic carbocycles. The molecule has 1 aliphatic rings. The monoisotopic (exact) mass is 187 g/mol. The molecule has 0 saturated heterocycles. The van der Waals surface area contributed by atoms with Gasteiger partial charge in [-0.3, -0.25) is 4.79 Å². The highest BCUT2D eigenvalue weighted by atomic mass is 16.5. The fourth-order valence-electron chi connectivity index (χ4n) is 1.98. The number of nitrogens with two attached hydrogens (primary N) is 1. The van der Waals surface area contributed by atoms with Gasteiger partial charge in [0.15, 0.2) is 0 Å². The first-order chi connectivity index (χ1) is 6.22. The molecule has 0 spiro atoms. The zero-order valence-electron chi connectivity index (χ0n) is 8.16. The Morgan fingerprint density at radius 1 is 1.46 bits per heavy atom. The molecule has 1 saturated carbocycles. The van der Waals surface area contributed by atoms with E-state index in [1.807, 2.05) is 0 Å². The minimum Gasteiger partial charge on any atom is -0.469 e. The summed E-state index contributed by atoms with van der Waals surface area (Å²) in [5.74, 6) is 0.135. The van der Waals surface area contributed by atoms with Crippen LogP contribution >= 0.6 is 0 Å². The Morgan fingerprint density at radius 3 is 2.54 bits per heavy atom. The fraction of sp³-hybridized carbons (Fsp3) is 0.889. The zero-order valence-corrected chi connectivity index (χ0v) is 8.16. The van der Waals surface area contributed by atoms with Gasteiger partial charge in [0.2, 0.25) is 0 Å². The van der Waals surface area contributed by atoms with Crippen LogP contribution in [-0.4, -0.2) is 32.8 Å². The molecule has 0 aromatic rings. The van der Waals surface area contributed by atoms with Crippen molar-refractivity contribution in [3.05, 3.63) is 0 Å². The molecule has 76 valence electrons. The summed E-state index contributed by atoms with van der Waals surface area (Å²) in [6.07, 6.45) is 1.65. The molecule has 4 nitrogen and oxygen atoms in total. The molecule has 1 fully saturated rings. The molecule has 0 bridgehead atoms. The predicted octanol–water partition coefficient (Wildman–Crippen LogP) is 0.159. The molecule has 0 amide bonds. The number of hydrogen-bond acceptors (Lipinski definition) is 4. The Balaban J connectivity index is 2.52. The number of rotatable bonds is 3. The highest BCUT2D eigenvalue weighted by Gasteiger charge is 2.37. The standard InChI is InChI=1S/C9H17NO3/c1-12-8-4-6(9(11)13-2)3-7(8)5-10/h6-8H,3-5,10H2,1-2H3/t6-,7?,8-/m0/s1. The summed E-state index contributed by atoms with van der Waals surface area (Å²) in [4.78, 5) is 11.2. The number of carbonyl (C=O) groups excluding carboxylic acids is 1. The number of hydrogen-bond donors (Lipinski definition) is 1. The van der Waals surface area contributed by atoms with Crippen molar-refractivity contribution >= 4 is 5.97 Å². The number of ether oxygens (including phenoxy) is 2. The summed E-state index contributed by atoms with van der Waals surface area (Å²) in [7, 11) is 3.08. The maximum absolute atomic E-state index is 11.2. The molecule has 3 atom stereocenters. The topological polar surface area (TPSA) is 61.5 Å². The van der Waals surface area contributed by atoms with E-state index in [2.05, 4.69) is 4.74 Å². The summed E-state index contributed by atoms with van der Waals surface area (Å²) in [5.41, 5.74) is 5.57. The zero-order chi connectivity index (χ0) is 9.84. The lowest BCUT2D eigenvalue weighted by Gasteiger charge is -2.14. The Kier molecular flexibility index (Phi) is 3.69. The van der Waals surface area contributed by atoms with E-state index in [9.17, 15) is 4.79 Å². The summed E-state index contributed by atoms with van der Waals surface area (Å²) >= 11 is 0.